The predicted octanol–water partition coefficient (Wildman–Crippen LogP) is 3.54. The van der Waals surface area contributed by atoms with E-state index in [9.17, 15) is 0 Å². The molecule has 0 heterocycles. The van der Waals surface area contributed by atoms with Gasteiger partial charge in [0.2, 0.25) is 0 Å². The van der Waals surface area contributed by atoms with Crippen LogP contribution in [0.2, 0.25) is 0 Å². The van der Waals surface area contributed by atoms with Crippen molar-refractivity contribution in [3.8, 4) is 0 Å². The summed E-state index contributed by atoms with van der Waals surface area (Å²) in [6.07, 6.45) is 0.989. The fraction of sp³-hybridized carbons (Fsp3) is 0.417. The monoisotopic (exact) mass is 208 g/mol. The number of ether oxygens (including phenoxy) is 1. The van der Waals surface area contributed by atoms with Gasteiger partial charge in [0.25, 0.3) is 0 Å². The number of thiocarbonyl (C=S) groups is 1. The Labute approximate surface area is 91.1 Å². The molecule has 0 saturated heterocycles. The molecule has 0 saturated carbocycles. The summed E-state index contributed by atoms with van der Waals surface area (Å²) in [4.78, 5) is 0. The molecule has 0 spiro atoms. The van der Waals surface area contributed by atoms with Crippen molar-refractivity contribution in [2.75, 3.05) is 6.61 Å². The van der Waals surface area contributed by atoms with E-state index >= 15 is 0 Å². The summed E-state index contributed by atoms with van der Waals surface area (Å²) in [5, 5.41) is 0.709. The summed E-state index contributed by atoms with van der Waals surface area (Å²) in [5.41, 5.74) is 1.24. The fourth-order valence-electron chi connectivity index (χ4n) is 1.47. The molecule has 0 bridgehead atoms. The highest BCUT2D eigenvalue weighted by molar-refractivity contribution is 7.80. The van der Waals surface area contributed by atoms with Gasteiger partial charge in [-0.1, -0.05) is 37.3 Å². The van der Waals surface area contributed by atoms with Crippen LogP contribution in [0.3, 0.4) is 0 Å². The highest BCUT2D eigenvalue weighted by Crippen LogP contribution is 2.21. The first-order valence-corrected chi connectivity index (χ1v) is 5.42. The van der Waals surface area contributed by atoms with Crippen molar-refractivity contribution < 1.29 is 4.74 Å². The van der Waals surface area contributed by atoms with Crippen LogP contribution >= 0.6 is 12.2 Å². The summed E-state index contributed by atoms with van der Waals surface area (Å²) < 4.78 is 5.38. The summed E-state index contributed by atoms with van der Waals surface area (Å²) >= 11 is 5.23. The van der Waals surface area contributed by atoms with Crippen molar-refractivity contribution in [2.45, 2.75) is 26.2 Å². The summed E-state index contributed by atoms with van der Waals surface area (Å²) in [7, 11) is 0. The lowest BCUT2D eigenvalue weighted by Crippen LogP contribution is -2.13. The molecule has 14 heavy (non-hydrogen) atoms. The van der Waals surface area contributed by atoms with Crippen molar-refractivity contribution in [1.29, 1.82) is 0 Å². The molecule has 0 aliphatic rings. The van der Waals surface area contributed by atoms with Crippen LogP contribution < -0.4 is 0 Å². The average molecular weight is 208 g/mol. The molecule has 1 aromatic carbocycles. The summed E-state index contributed by atoms with van der Waals surface area (Å²) in [5.74, 6) is 0.256. The van der Waals surface area contributed by atoms with E-state index < -0.39 is 0 Å². The molecule has 0 aromatic heterocycles. The van der Waals surface area contributed by atoms with Crippen LogP contribution in [-0.2, 0) is 4.74 Å². The van der Waals surface area contributed by atoms with E-state index in [4.69, 9.17) is 17.0 Å². The van der Waals surface area contributed by atoms with E-state index in [2.05, 4.69) is 19.1 Å². The maximum atomic E-state index is 5.38. The number of hydrogen-bond donors (Lipinski definition) is 0. The Morgan fingerprint density at radius 3 is 2.43 bits per heavy atom. The van der Waals surface area contributed by atoms with E-state index in [1.807, 2.05) is 25.1 Å². The molecular weight excluding hydrogens is 192 g/mol. The first-order chi connectivity index (χ1) is 6.79. The molecule has 0 aliphatic carbocycles. The summed E-state index contributed by atoms with van der Waals surface area (Å²) in [6.45, 7) is 4.75. The smallest absolute Gasteiger partial charge is 0.167 e. The van der Waals surface area contributed by atoms with E-state index in [0.717, 1.165) is 6.42 Å². The molecule has 1 aromatic rings. The van der Waals surface area contributed by atoms with Crippen molar-refractivity contribution >= 4 is 17.3 Å². The quantitative estimate of drug-likeness (QED) is 0.700. The Bertz CT molecular complexity index is 282. The van der Waals surface area contributed by atoms with Gasteiger partial charge in [-0.2, -0.15) is 0 Å². The van der Waals surface area contributed by atoms with Gasteiger partial charge in [-0.05, 0) is 31.1 Å². The average Bonchev–Trinajstić information content (AvgIpc) is 2.21. The van der Waals surface area contributed by atoms with Crippen LogP contribution in [0.15, 0.2) is 30.3 Å². The first-order valence-electron chi connectivity index (χ1n) is 5.01. The lowest BCUT2D eigenvalue weighted by atomic mass is 9.97. The minimum Gasteiger partial charge on any atom is -0.487 e. The van der Waals surface area contributed by atoms with Gasteiger partial charge in [0.1, 0.15) is 0 Å². The molecule has 0 aliphatic heterocycles. The third-order valence-electron chi connectivity index (χ3n) is 2.18. The Balaban J connectivity index is 2.77. The molecule has 0 fully saturated rings. The van der Waals surface area contributed by atoms with Crippen LogP contribution in [0, 0.1) is 0 Å². The minimum atomic E-state index is 0.256. The maximum absolute atomic E-state index is 5.38. The van der Waals surface area contributed by atoms with Gasteiger partial charge >= 0.3 is 0 Å². The van der Waals surface area contributed by atoms with Gasteiger partial charge in [0.05, 0.1) is 12.5 Å². The van der Waals surface area contributed by atoms with Gasteiger partial charge < -0.3 is 4.74 Å². The predicted molar refractivity (Wildman–Crippen MR) is 63.7 cm³/mol. The van der Waals surface area contributed by atoms with Gasteiger partial charge in [0, 0.05) is 0 Å². The topological polar surface area (TPSA) is 9.23 Å². The van der Waals surface area contributed by atoms with E-state index in [1.54, 1.807) is 0 Å². The van der Waals surface area contributed by atoms with Gasteiger partial charge in [-0.25, -0.2) is 0 Å². The van der Waals surface area contributed by atoms with Crippen molar-refractivity contribution in [1.82, 2.24) is 0 Å². The molecule has 1 rings (SSSR count). The molecule has 0 N–H and O–H groups in total. The molecule has 1 unspecified atom stereocenters. The number of hydrogen-bond acceptors (Lipinski definition) is 2. The van der Waals surface area contributed by atoms with Gasteiger partial charge in [0.15, 0.2) is 5.05 Å². The van der Waals surface area contributed by atoms with Crippen LogP contribution in [0.1, 0.15) is 31.7 Å². The Morgan fingerprint density at radius 2 is 1.93 bits per heavy atom. The molecule has 1 nitrogen and oxygen atoms in total. The Morgan fingerprint density at radius 1 is 1.29 bits per heavy atom. The molecular formula is C12H16OS. The largest absolute Gasteiger partial charge is 0.487 e. The van der Waals surface area contributed by atoms with Crippen molar-refractivity contribution in [2.24, 2.45) is 0 Å². The number of benzene rings is 1. The minimum absolute atomic E-state index is 0.256. The van der Waals surface area contributed by atoms with Crippen LogP contribution in [-0.4, -0.2) is 11.7 Å². The van der Waals surface area contributed by atoms with Crippen molar-refractivity contribution in [3.05, 3.63) is 35.9 Å². The Kier molecular flexibility index (Phi) is 4.60. The number of rotatable bonds is 4. The second-order valence-corrected chi connectivity index (χ2v) is 3.53. The highest BCUT2D eigenvalue weighted by atomic mass is 32.1. The zero-order valence-corrected chi connectivity index (χ0v) is 9.51. The molecule has 2 heteroatoms. The van der Waals surface area contributed by atoms with Crippen molar-refractivity contribution in [3.63, 3.8) is 0 Å². The van der Waals surface area contributed by atoms with Gasteiger partial charge in [-0.15, -0.1) is 0 Å². The second-order valence-electron chi connectivity index (χ2n) is 3.12. The standard InChI is InChI=1S/C12H16OS/c1-3-11(12(14)13-4-2)10-8-6-5-7-9-10/h5-9,11H,3-4H2,1-2H3. The molecule has 0 amide bonds. The lowest BCUT2D eigenvalue weighted by molar-refractivity contribution is 0.320. The van der Waals surface area contributed by atoms with E-state index in [0.29, 0.717) is 11.7 Å². The first kappa shape index (κ1) is 11.2. The molecule has 76 valence electrons. The van der Waals surface area contributed by atoms with Gasteiger partial charge in [-0.3, -0.25) is 0 Å². The third kappa shape index (κ3) is 2.81. The second kappa shape index (κ2) is 5.76. The molecule has 0 radical (unpaired) electrons. The lowest BCUT2D eigenvalue weighted by Gasteiger charge is -2.16. The van der Waals surface area contributed by atoms with Crippen LogP contribution in [0.25, 0.3) is 0 Å². The fourth-order valence-corrected chi connectivity index (χ4v) is 1.89. The SMILES string of the molecule is CCOC(=S)C(CC)c1ccccc1. The van der Waals surface area contributed by atoms with Crippen LogP contribution in [0.4, 0.5) is 0 Å². The molecule has 1 atom stereocenters. The maximum Gasteiger partial charge on any atom is 0.167 e. The van der Waals surface area contributed by atoms with E-state index in [1.165, 1.54) is 5.56 Å². The van der Waals surface area contributed by atoms with Crippen LogP contribution in [0.5, 0.6) is 0 Å². The highest BCUT2D eigenvalue weighted by Gasteiger charge is 2.14. The zero-order chi connectivity index (χ0) is 10.4. The normalized spacial score (nSPS) is 12.1. The third-order valence-corrected chi connectivity index (χ3v) is 2.58. The zero-order valence-electron chi connectivity index (χ0n) is 8.69. The summed E-state index contributed by atoms with van der Waals surface area (Å²) in [6, 6.07) is 10.3. The Hall–Kier alpha value is -0.890. The van der Waals surface area contributed by atoms with E-state index in [-0.39, 0.29) is 5.92 Å².